The van der Waals surface area contributed by atoms with Crippen molar-refractivity contribution in [3.05, 3.63) is 101 Å². The molecule has 166 valence electrons. The highest BCUT2D eigenvalue weighted by molar-refractivity contribution is 5.98. The minimum absolute atomic E-state index is 0. The molecular weight excluding hydrogens is 422 g/mol. The van der Waals surface area contributed by atoms with Crippen LogP contribution in [0.1, 0.15) is 33.9 Å². The van der Waals surface area contributed by atoms with Crippen LogP contribution >= 0.6 is 12.4 Å². The van der Waals surface area contributed by atoms with Crippen LogP contribution in [0.15, 0.2) is 72.8 Å². The summed E-state index contributed by atoms with van der Waals surface area (Å²) in [5.41, 5.74) is 6.09. The number of hydrogen-bond donors (Lipinski definition) is 3. The van der Waals surface area contributed by atoms with Crippen LogP contribution < -0.4 is 16.0 Å². The maximum absolute atomic E-state index is 13.2. The molecule has 1 heterocycles. The van der Waals surface area contributed by atoms with Crippen LogP contribution in [-0.2, 0) is 22.6 Å². The quantitative estimate of drug-likeness (QED) is 0.545. The lowest BCUT2D eigenvalue weighted by Gasteiger charge is -2.27. The van der Waals surface area contributed by atoms with Crippen LogP contribution in [0.5, 0.6) is 0 Å². The maximum Gasteiger partial charge on any atom is 0.251 e. The molecule has 0 aliphatic carbocycles. The lowest BCUT2D eigenvalue weighted by molar-refractivity contribution is -0.128. The van der Waals surface area contributed by atoms with Gasteiger partial charge in [0.05, 0.1) is 6.04 Å². The van der Waals surface area contributed by atoms with Crippen LogP contribution in [-0.4, -0.2) is 17.9 Å². The molecular formula is C26H28ClN3O2. The summed E-state index contributed by atoms with van der Waals surface area (Å²) in [6.45, 7) is 4.68. The standard InChI is InChI=1S/C26H27N3O2.ClH/c1-17-12-13-22(14-18(17)2)28-26(31)24(19-8-4-3-5-9-19)29-25(30)23-15-20-10-6-7-11-21(20)16-27-23;/h3-14,23-24,27H,15-16H2,1-2H3,(H,28,31)(H,29,30);1H/t23-,24+;/m0./s1. The van der Waals surface area contributed by atoms with Crippen LogP contribution in [0.4, 0.5) is 5.69 Å². The van der Waals surface area contributed by atoms with Gasteiger partial charge in [-0.1, -0.05) is 60.7 Å². The lowest BCUT2D eigenvalue weighted by atomic mass is 9.95. The molecule has 0 saturated carbocycles. The molecule has 3 aromatic rings. The number of amides is 2. The van der Waals surface area contributed by atoms with Gasteiger partial charge in [-0.05, 0) is 60.2 Å². The average Bonchev–Trinajstić information content (AvgIpc) is 2.80. The Morgan fingerprint density at radius 2 is 1.59 bits per heavy atom. The van der Waals surface area contributed by atoms with E-state index < -0.39 is 6.04 Å². The Morgan fingerprint density at radius 3 is 2.31 bits per heavy atom. The Kier molecular flexibility index (Phi) is 7.67. The number of nitrogens with one attached hydrogen (secondary N) is 3. The number of aryl methyl sites for hydroxylation is 2. The van der Waals surface area contributed by atoms with Crippen molar-refractivity contribution in [1.29, 1.82) is 0 Å². The van der Waals surface area contributed by atoms with Crippen molar-refractivity contribution in [2.24, 2.45) is 0 Å². The Bertz CT molecular complexity index is 1100. The topological polar surface area (TPSA) is 70.2 Å². The number of hydrogen-bond acceptors (Lipinski definition) is 3. The average molecular weight is 450 g/mol. The van der Waals surface area contributed by atoms with Gasteiger partial charge < -0.3 is 16.0 Å². The summed E-state index contributed by atoms with van der Waals surface area (Å²) in [4.78, 5) is 26.3. The van der Waals surface area contributed by atoms with E-state index >= 15 is 0 Å². The molecule has 32 heavy (non-hydrogen) atoms. The van der Waals surface area contributed by atoms with Crippen LogP contribution in [0, 0.1) is 13.8 Å². The van der Waals surface area contributed by atoms with Gasteiger partial charge in [0.15, 0.2) is 0 Å². The van der Waals surface area contributed by atoms with Crippen molar-refractivity contribution in [2.75, 3.05) is 5.32 Å². The first-order valence-electron chi connectivity index (χ1n) is 10.5. The fraction of sp³-hybridized carbons (Fsp3) is 0.231. The Morgan fingerprint density at radius 1 is 0.906 bits per heavy atom. The summed E-state index contributed by atoms with van der Waals surface area (Å²) >= 11 is 0. The number of benzene rings is 3. The number of carbonyl (C=O) groups excluding carboxylic acids is 2. The molecule has 2 amide bonds. The Hall–Kier alpha value is -3.15. The number of carbonyl (C=O) groups is 2. The summed E-state index contributed by atoms with van der Waals surface area (Å²) in [6, 6.07) is 22.1. The lowest BCUT2D eigenvalue weighted by Crippen LogP contribution is -2.50. The van der Waals surface area contributed by atoms with Crippen LogP contribution in [0.2, 0.25) is 0 Å². The fourth-order valence-corrected chi connectivity index (χ4v) is 3.86. The molecule has 1 aliphatic heterocycles. The maximum atomic E-state index is 13.2. The van der Waals surface area contributed by atoms with Gasteiger partial charge in [0.1, 0.15) is 6.04 Å². The Balaban J connectivity index is 0.00000289. The van der Waals surface area contributed by atoms with Gasteiger partial charge in [-0.15, -0.1) is 12.4 Å². The smallest absolute Gasteiger partial charge is 0.251 e. The first-order chi connectivity index (χ1) is 15.0. The molecule has 0 unspecified atom stereocenters. The zero-order chi connectivity index (χ0) is 21.8. The summed E-state index contributed by atoms with van der Waals surface area (Å²) in [5, 5.41) is 9.22. The van der Waals surface area contributed by atoms with Gasteiger partial charge in [-0.2, -0.15) is 0 Å². The molecule has 0 fully saturated rings. The molecule has 6 heteroatoms. The largest absolute Gasteiger partial charge is 0.339 e. The van der Waals surface area contributed by atoms with E-state index in [2.05, 4.69) is 28.1 Å². The SMILES string of the molecule is Cc1ccc(NC(=O)[C@H](NC(=O)[C@@H]2Cc3ccccc3CN2)c2ccccc2)cc1C.Cl. The molecule has 0 aromatic heterocycles. The van der Waals surface area contributed by atoms with Gasteiger partial charge in [0, 0.05) is 12.2 Å². The van der Waals surface area contributed by atoms with E-state index in [0.717, 1.165) is 22.3 Å². The fourth-order valence-electron chi connectivity index (χ4n) is 3.86. The highest BCUT2D eigenvalue weighted by Gasteiger charge is 2.29. The van der Waals surface area contributed by atoms with E-state index in [4.69, 9.17) is 0 Å². The molecule has 5 nitrogen and oxygen atoms in total. The van der Waals surface area contributed by atoms with Crippen LogP contribution in [0.25, 0.3) is 0 Å². The van der Waals surface area contributed by atoms with Gasteiger partial charge in [-0.3, -0.25) is 9.59 Å². The van der Waals surface area contributed by atoms with Crippen molar-refractivity contribution in [3.8, 4) is 0 Å². The van der Waals surface area contributed by atoms with Gasteiger partial charge >= 0.3 is 0 Å². The van der Waals surface area contributed by atoms with Crippen molar-refractivity contribution in [3.63, 3.8) is 0 Å². The molecule has 2 atom stereocenters. The van der Waals surface area contributed by atoms with E-state index in [1.807, 2.05) is 74.5 Å². The summed E-state index contributed by atoms with van der Waals surface area (Å²) < 4.78 is 0. The predicted molar refractivity (Wildman–Crippen MR) is 130 cm³/mol. The second-order valence-electron chi connectivity index (χ2n) is 8.05. The third kappa shape index (κ3) is 5.36. The van der Waals surface area contributed by atoms with Gasteiger partial charge in [0.25, 0.3) is 5.91 Å². The molecule has 1 aliphatic rings. The van der Waals surface area contributed by atoms with Gasteiger partial charge in [-0.25, -0.2) is 0 Å². The number of halogens is 1. The monoisotopic (exact) mass is 449 g/mol. The van der Waals surface area contributed by atoms with Crippen molar-refractivity contribution in [2.45, 2.75) is 38.9 Å². The van der Waals surface area contributed by atoms with Crippen molar-refractivity contribution in [1.82, 2.24) is 10.6 Å². The summed E-state index contributed by atoms with van der Waals surface area (Å²) in [7, 11) is 0. The van der Waals surface area contributed by atoms with Crippen molar-refractivity contribution >= 4 is 29.9 Å². The molecule has 4 rings (SSSR count). The minimum Gasteiger partial charge on any atom is -0.339 e. The number of rotatable bonds is 5. The van der Waals surface area contributed by atoms with E-state index in [1.165, 1.54) is 5.56 Å². The molecule has 0 saturated heterocycles. The van der Waals surface area contributed by atoms with E-state index in [9.17, 15) is 9.59 Å². The second-order valence-corrected chi connectivity index (χ2v) is 8.05. The van der Waals surface area contributed by atoms with E-state index in [-0.39, 0.29) is 30.3 Å². The van der Waals surface area contributed by atoms with Gasteiger partial charge in [0.2, 0.25) is 5.91 Å². The van der Waals surface area contributed by atoms with Crippen LogP contribution in [0.3, 0.4) is 0 Å². The third-order valence-corrected chi connectivity index (χ3v) is 5.85. The molecule has 3 aromatic carbocycles. The molecule has 3 N–H and O–H groups in total. The minimum atomic E-state index is -0.783. The highest BCUT2D eigenvalue weighted by atomic mass is 35.5. The zero-order valence-electron chi connectivity index (χ0n) is 18.2. The second kappa shape index (κ2) is 10.4. The highest BCUT2D eigenvalue weighted by Crippen LogP contribution is 2.20. The molecule has 0 spiro atoms. The first kappa shape index (κ1) is 23.5. The zero-order valence-corrected chi connectivity index (χ0v) is 19.0. The summed E-state index contributed by atoms with van der Waals surface area (Å²) in [5.74, 6) is -0.447. The van der Waals surface area contributed by atoms with Crippen molar-refractivity contribution < 1.29 is 9.59 Å². The first-order valence-corrected chi connectivity index (χ1v) is 10.5. The summed E-state index contributed by atoms with van der Waals surface area (Å²) in [6.07, 6.45) is 0.599. The number of fused-ring (bicyclic) bond motifs is 1. The normalized spacial score (nSPS) is 15.6. The Labute approximate surface area is 195 Å². The van der Waals surface area contributed by atoms with E-state index in [0.29, 0.717) is 18.7 Å². The molecule has 0 bridgehead atoms. The number of anilines is 1. The molecule has 0 radical (unpaired) electrons. The van der Waals surface area contributed by atoms with E-state index in [1.54, 1.807) is 0 Å². The third-order valence-electron chi connectivity index (χ3n) is 5.85. The predicted octanol–water partition coefficient (Wildman–Crippen LogP) is 4.24.